The molecule has 9 heteroatoms. The Kier molecular flexibility index (Phi) is 9.02. The van der Waals surface area contributed by atoms with Crippen molar-refractivity contribution in [3.05, 3.63) is 0 Å². The summed E-state index contributed by atoms with van der Waals surface area (Å²) in [6.45, 7) is 8.95. The van der Waals surface area contributed by atoms with Crippen LogP contribution in [-0.4, -0.2) is 97.9 Å². The average Bonchev–Trinajstić information content (AvgIpc) is 2.57. The average molecular weight is 362 g/mol. The molecule has 0 aromatic heterocycles. The number of nitrogens with one attached hydrogen (secondary N) is 2. The van der Waals surface area contributed by atoms with Crippen molar-refractivity contribution in [2.45, 2.75) is 13.3 Å². The van der Waals surface area contributed by atoms with Crippen molar-refractivity contribution < 1.29 is 14.4 Å². The summed E-state index contributed by atoms with van der Waals surface area (Å²) in [4.78, 5) is 40.8. The molecule has 0 aliphatic carbocycles. The predicted molar refractivity (Wildman–Crippen MR) is 93.0 cm³/mol. The highest BCUT2D eigenvalue weighted by molar-refractivity contribution is 6.35. The van der Waals surface area contributed by atoms with E-state index in [2.05, 4.69) is 15.5 Å². The van der Waals surface area contributed by atoms with Gasteiger partial charge in [0.1, 0.15) is 6.54 Å². The minimum atomic E-state index is -0.575. The van der Waals surface area contributed by atoms with E-state index in [0.717, 1.165) is 39.1 Å². The number of halogens is 1. The molecule has 0 radical (unpaired) electrons. The van der Waals surface area contributed by atoms with Gasteiger partial charge in [-0.3, -0.25) is 14.4 Å². The summed E-state index contributed by atoms with van der Waals surface area (Å²) in [6.07, 6.45) is 0.891. The van der Waals surface area contributed by atoms with Crippen LogP contribution in [0.2, 0.25) is 0 Å². The van der Waals surface area contributed by atoms with Crippen LogP contribution >= 0.6 is 12.4 Å². The number of carbonyl (C=O) groups excluding carboxylic acids is 3. The number of piperazine rings is 2. The van der Waals surface area contributed by atoms with Gasteiger partial charge in [-0.15, -0.1) is 12.4 Å². The monoisotopic (exact) mass is 361 g/mol. The summed E-state index contributed by atoms with van der Waals surface area (Å²) in [7, 11) is 0. The molecule has 0 saturated carbocycles. The van der Waals surface area contributed by atoms with Crippen LogP contribution in [0, 0.1) is 0 Å². The highest BCUT2D eigenvalue weighted by atomic mass is 35.5. The van der Waals surface area contributed by atoms with E-state index in [4.69, 9.17) is 0 Å². The van der Waals surface area contributed by atoms with Crippen molar-refractivity contribution in [1.29, 1.82) is 0 Å². The van der Waals surface area contributed by atoms with Crippen molar-refractivity contribution in [2.75, 3.05) is 65.4 Å². The number of likely N-dealkylation sites (N-methyl/N-ethyl adjacent to an activating group) is 1. The van der Waals surface area contributed by atoms with E-state index in [-0.39, 0.29) is 24.9 Å². The molecule has 2 aliphatic heterocycles. The van der Waals surface area contributed by atoms with Crippen LogP contribution in [0.3, 0.4) is 0 Å². The number of hydrogen-bond acceptors (Lipinski definition) is 5. The number of rotatable bonds is 7. The van der Waals surface area contributed by atoms with Crippen molar-refractivity contribution >= 4 is 30.1 Å². The summed E-state index contributed by atoms with van der Waals surface area (Å²) in [5.74, 6) is -1.28. The lowest BCUT2D eigenvalue weighted by molar-refractivity contribution is -0.156. The third kappa shape index (κ3) is 5.92. The maximum absolute atomic E-state index is 11.9. The Morgan fingerprint density at radius 3 is 2.38 bits per heavy atom. The van der Waals surface area contributed by atoms with E-state index in [1.807, 2.05) is 6.92 Å². The fraction of sp³-hybridized carbons (Fsp3) is 0.800. The Balaban J connectivity index is 0.00000288. The van der Waals surface area contributed by atoms with Crippen molar-refractivity contribution in [3.8, 4) is 0 Å². The molecule has 2 heterocycles. The number of nitrogens with zero attached hydrogens (tertiary/aromatic N) is 3. The normalized spacial score (nSPS) is 19.2. The second-order valence-electron chi connectivity index (χ2n) is 5.91. The van der Waals surface area contributed by atoms with Gasteiger partial charge in [-0.1, -0.05) is 0 Å². The third-order valence-corrected chi connectivity index (χ3v) is 4.30. The smallest absolute Gasteiger partial charge is 0.312 e. The van der Waals surface area contributed by atoms with Gasteiger partial charge in [0.2, 0.25) is 5.91 Å². The molecule has 0 atom stereocenters. The van der Waals surface area contributed by atoms with Crippen LogP contribution in [0.1, 0.15) is 13.3 Å². The SMILES string of the molecule is CCN1CCN(CC(=O)NCCCN2CCNCC2)C(=O)C1=O.Cl. The first-order valence-electron chi connectivity index (χ1n) is 8.39. The lowest BCUT2D eigenvalue weighted by Crippen LogP contribution is -2.56. The Hall–Kier alpha value is -1.38. The van der Waals surface area contributed by atoms with Gasteiger partial charge < -0.3 is 25.3 Å². The first kappa shape index (κ1) is 20.7. The lowest BCUT2D eigenvalue weighted by Gasteiger charge is -2.32. The van der Waals surface area contributed by atoms with E-state index in [1.165, 1.54) is 9.80 Å². The lowest BCUT2D eigenvalue weighted by atomic mass is 10.3. The van der Waals surface area contributed by atoms with Crippen LogP contribution in [-0.2, 0) is 14.4 Å². The molecule has 0 aromatic carbocycles. The molecule has 2 aliphatic rings. The number of amides is 3. The summed E-state index contributed by atoms with van der Waals surface area (Å²) in [5, 5.41) is 6.13. The highest BCUT2D eigenvalue weighted by Gasteiger charge is 2.32. The Morgan fingerprint density at radius 2 is 1.71 bits per heavy atom. The molecular formula is C15H28ClN5O3. The maximum Gasteiger partial charge on any atom is 0.312 e. The first-order valence-corrected chi connectivity index (χ1v) is 8.39. The molecule has 2 fully saturated rings. The second-order valence-corrected chi connectivity index (χ2v) is 5.91. The molecule has 3 amide bonds. The molecule has 0 spiro atoms. The summed E-state index contributed by atoms with van der Waals surface area (Å²) < 4.78 is 0. The zero-order valence-electron chi connectivity index (χ0n) is 14.3. The fourth-order valence-corrected chi connectivity index (χ4v) is 2.86. The van der Waals surface area contributed by atoms with E-state index in [9.17, 15) is 14.4 Å². The highest BCUT2D eigenvalue weighted by Crippen LogP contribution is 2.04. The maximum atomic E-state index is 11.9. The Morgan fingerprint density at radius 1 is 1.08 bits per heavy atom. The van der Waals surface area contributed by atoms with Crippen LogP contribution < -0.4 is 10.6 Å². The van der Waals surface area contributed by atoms with E-state index in [0.29, 0.717) is 26.2 Å². The molecule has 24 heavy (non-hydrogen) atoms. The van der Waals surface area contributed by atoms with Gasteiger partial charge in [0.05, 0.1) is 0 Å². The van der Waals surface area contributed by atoms with Gasteiger partial charge >= 0.3 is 11.8 Å². The Labute approximate surface area is 149 Å². The van der Waals surface area contributed by atoms with Gasteiger partial charge in [0, 0.05) is 52.4 Å². The van der Waals surface area contributed by atoms with Crippen molar-refractivity contribution in [1.82, 2.24) is 25.3 Å². The van der Waals surface area contributed by atoms with Gasteiger partial charge in [-0.05, 0) is 19.9 Å². The molecule has 2 N–H and O–H groups in total. The van der Waals surface area contributed by atoms with E-state index >= 15 is 0 Å². The minimum Gasteiger partial charge on any atom is -0.355 e. The molecule has 8 nitrogen and oxygen atoms in total. The zero-order chi connectivity index (χ0) is 16.7. The predicted octanol–water partition coefficient (Wildman–Crippen LogP) is -1.49. The second kappa shape index (κ2) is 10.5. The fourth-order valence-electron chi connectivity index (χ4n) is 2.86. The first-order chi connectivity index (χ1) is 11.1. The third-order valence-electron chi connectivity index (χ3n) is 4.30. The molecule has 0 bridgehead atoms. The van der Waals surface area contributed by atoms with Crippen LogP contribution in [0.5, 0.6) is 0 Å². The standard InChI is InChI=1S/C15H27N5O3.ClH/c1-2-19-10-11-20(15(23)14(19)22)12-13(21)17-4-3-7-18-8-5-16-6-9-18;/h16H,2-12H2,1H3,(H,17,21);1H. The Bertz CT molecular complexity index is 443. The van der Waals surface area contributed by atoms with Gasteiger partial charge in [0.25, 0.3) is 0 Å². The van der Waals surface area contributed by atoms with Gasteiger partial charge in [-0.2, -0.15) is 0 Å². The molecule has 2 rings (SSSR count). The molecule has 138 valence electrons. The molecule has 0 aromatic rings. The summed E-state index contributed by atoms with van der Waals surface area (Å²) >= 11 is 0. The van der Waals surface area contributed by atoms with Gasteiger partial charge in [-0.25, -0.2) is 0 Å². The number of carbonyl (C=O) groups is 3. The molecule has 0 unspecified atom stereocenters. The van der Waals surface area contributed by atoms with Crippen LogP contribution in [0.4, 0.5) is 0 Å². The van der Waals surface area contributed by atoms with Crippen LogP contribution in [0.25, 0.3) is 0 Å². The molecular weight excluding hydrogens is 334 g/mol. The summed E-state index contributed by atoms with van der Waals surface area (Å²) in [5.41, 5.74) is 0. The zero-order valence-corrected chi connectivity index (χ0v) is 15.1. The topological polar surface area (TPSA) is 85.0 Å². The van der Waals surface area contributed by atoms with E-state index < -0.39 is 11.8 Å². The quantitative estimate of drug-likeness (QED) is 0.426. The molecule has 2 saturated heterocycles. The number of hydrogen-bond donors (Lipinski definition) is 2. The summed E-state index contributed by atoms with van der Waals surface area (Å²) in [6, 6.07) is 0. The minimum absolute atomic E-state index is 0. The van der Waals surface area contributed by atoms with E-state index in [1.54, 1.807) is 0 Å². The van der Waals surface area contributed by atoms with Crippen molar-refractivity contribution in [3.63, 3.8) is 0 Å². The van der Waals surface area contributed by atoms with Gasteiger partial charge in [0.15, 0.2) is 0 Å². The van der Waals surface area contributed by atoms with Crippen molar-refractivity contribution in [2.24, 2.45) is 0 Å². The van der Waals surface area contributed by atoms with Crippen LogP contribution in [0.15, 0.2) is 0 Å². The largest absolute Gasteiger partial charge is 0.355 e.